The number of esters is 1. The van der Waals surface area contributed by atoms with Gasteiger partial charge in [0.1, 0.15) is 11.6 Å². The van der Waals surface area contributed by atoms with E-state index >= 15 is 0 Å². The molecule has 88 valence electrons. The summed E-state index contributed by atoms with van der Waals surface area (Å²) in [7, 11) is 0. The average molecular weight is 230 g/mol. The van der Waals surface area contributed by atoms with Crippen molar-refractivity contribution in [2.24, 2.45) is 0 Å². The minimum atomic E-state index is -2.12. The first-order valence-electron chi connectivity index (χ1n) is 4.74. The van der Waals surface area contributed by atoms with E-state index in [4.69, 9.17) is 0 Å². The van der Waals surface area contributed by atoms with Gasteiger partial charge in [-0.25, -0.2) is 13.6 Å². The number of halogens is 2. The van der Waals surface area contributed by atoms with Crippen LogP contribution in [0, 0.1) is 11.6 Å². The molecule has 3 nitrogen and oxygen atoms in total. The number of hydrogen-bond donors (Lipinski definition) is 1. The second-order valence-corrected chi connectivity index (χ2v) is 3.42. The lowest BCUT2D eigenvalue weighted by molar-refractivity contribution is -0.164. The van der Waals surface area contributed by atoms with Crippen molar-refractivity contribution in [2.45, 2.75) is 19.4 Å². The Kier molecular flexibility index (Phi) is 3.59. The summed E-state index contributed by atoms with van der Waals surface area (Å²) >= 11 is 0. The molecule has 0 bridgehead atoms. The monoisotopic (exact) mass is 230 g/mol. The molecule has 0 amide bonds. The van der Waals surface area contributed by atoms with Gasteiger partial charge in [0.05, 0.1) is 6.61 Å². The lowest BCUT2D eigenvalue weighted by Crippen LogP contribution is -2.35. The van der Waals surface area contributed by atoms with Gasteiger partial charge >= 0.3 is 5.97 Å². The lowest BCUT2D eigenvalue weighted by atomic mass is 9.95. The maximum atomic E-state index is 13.3. The number of ether oxygens (including phenoxy) is 1. The van der Waals surface area contributed by atoms with Gasteiger partial charge in [0.25, 0.3) is 0 Å². The van der Waals surface area contributed by atoms with E-state index in [0.29, 0.717) is 6.07 Å². The Morgan fingerprint density at radius 2 is 2.12 bits per heavy atom. The van der Waals surface area contributed by atoms with E-state index in [0.717, 1.165) is 19.1 Å². The van der Waals surface area contributed by atoms with Crippen LogP contribution in [0.5, 0.6) is 0 Å². The molecule has 0 aliphatic heterocycles. The van der Waals surface area contributed by atoms with Gasteiger partial charge < -0.3 is 9.84 Å². The Labute approximate surface area is 91.7 Å². The molecule has 1 aromatic rings. The highest BCUT2D eigenvalue weighted by Crippen LogP contribution is 2.25. The molecule has 1 rings (SSSR count). The fourth-order valence-electron chi connectivity index (χ4n) is 1.27. The predicted molar refractivity (Wildman–Crippen MR) is 52.6 cm³/mol. The normalized spacial score (nSPS) is 14.3. The van der Waals surface area contributed by atoms with Crippen molar-refractivity contribution in [3.63, 3.8) is 0 Å². The Hall–Kier alpha value is -1.49. The molecule has 0 aliphatic carbocycles. The van der Waals surface area contributed by atoms with E-state index in [2.05, 4.69) is 4.74 Å². The highest BCUT2D eigenvalue weighted by molar-refractivity contribution is 5.80. The zero-order valence-electron chi connectivity index (χ0n) is 8.96. The van der Waals surface area contributed by atoms with E-state index in [9.17, 15) is 18.7 Å². The maximum absolute atomic E-state index is 13.3. The second-order valence-electron chi connectivity index (χ2n) is 3.42. The first-order valence-corrected chi connectivity index (χ1v) is 4.74. The topological polar surface area (TPSA) is 46.5 Å². The highest BCUT2D eigenvalue weighted by Gasteiger charge is 2.36. The van der Waals surface area contributed by atoms with Gasteiger partial charge in [-0.2, -0.15) is 0 Å². The van der Waals surface area contributed by atoms with Crippen molar-refractivity contribution in [1.82, 2.24) is 0 Å². The third kappa shape index (κ3) is 2.36. The molecule has 1 atom stereocenters. The largest absolute Gasteiger partial charge is 0.464 e. The van der Waals surface area contributed by atoms with Crippen LogP contribution in [0.1, 0.15) is 19.4 Å². The van der Waals surface area contributed by atoms with Gasteiger partial charge in [-0.3, -0.25) is 0 Å². The summed E-state index contributed by atoms with van der Waals surface area (Å²) in [5, 5.41) is 9.82. The molecular weight excluding hydrogens is 218 g/mol. The first kappa shape index (κ1) is 12.6. The number of carbonyl (C=O) groups is 1. The molecule has 0 fully saturated rings. The molecule has 1 unspecified atom stereocenters. The molecule has 0 spiro atoms. The quantitative estimate of drug-likeness (QED) is 0.804. The van der Waals surface area contributed by atoms with Crippen LogP contribution < -0.4 is 0 Å². The summed E-state index contributed by atoms with van der Waals surface area (Å²) in [5.41, 5.74) is -2.43. The van der Waals surface area contributed by atoms with Crippen LogP contribution in [0.4, 0.5) is 8.78 Å². The molecular formula is C11H12F2O3. The van der Waals surface area contributed by atoms with Gasteiger partial charge in [0.2, 0.25) is 0 Å². The van der Waals surface area contributed by atoms with Crippen molar-refractivity contribution in [2.75, 3.05) is 6.61 Å². The minimum Gasteiger partial charge on any atom is -0.464 e. The SMILES string of the molecule is CCOC(=O)C(C)(O)c1ccc(F)cc1F. The standard InChI is InChI=1S/C11H12F2O3/c1-3-16-10(14)11(2,15)8-5-4-7(12)6-9(8)13/h4-6,15H,3H2,1-2H3. The van der Waals surface area contributed by atoms with Crippen LogP contribution in [-0.2, 0) is 15.1 Å². The summed E-state index contributed by atoms with van der Waals surface area (Å²) < 4.78 is 30.6. The molecule has 0 aromatic heterocycles. The summed E-state index contributed by atoms with van der Waals surface area (Å²) in [6.07, 6.45) is 0. The van der Waals surface area contributed by atoms with Crippen molar-refractivity contribution in [1.29, 1.82) is 0 Å². The van der Waals surface area contributed by atoms with Gasteiger partial charge in [0.15, 0.2) is 5.60 Å². The van der Waals surface area contributed by atoms with E-state index in [1.807, 2.05) is 0 Å². The molecule has 1 aromatic carbocycles. The van der Waals surface area contributed by atoms with Crippen LogP contribution in [0.3, 0.4) is 0 Å². The molecule has 0 heterocycles. The van der Waals surface area contributed by atoms with E-state index in [-0.39, 0.29) is 12.2 Å². The highest BCUT2D eigenvalue weighted by atomic mass is 19.1. The third-order valence-corrected chi connectivity index (χ3v) is 2.13. The summed E-state index contributed by atoms with van der Waals surface area (Å²) in [6.45, 7) is 2.73. The van der Waals surface area contributed by atoms with Crippen LogP contribution >= 0.6 is 0 Å². The van der Waals surface area contributed by atoms with E-state index in [1.54, 1.807) is 6.92 Å². The van der Waals surface area contributed by atoms with E-state index < -0.39 is 23.2 Å². The zero-order chi connectivity index (χ0) is 12.3. The smallest absolute Gasteiger partial charge is 0.342 e. The second kappa shape index (κ2) is 4.57. The predicted octanol–water partition coefficient (Wildman–Crippen LogP) is 1.74. The van der Waals surface area contributed by atoms with Crippen molar-refractivity contribution in [3.8, 4) is 0 Å². The summed E-state index contributed by atoms with van der Waals surface area (Å²) in [4.78, 5) is 11.4. The van der Waals surface area contributed by atoms with Crippen molar-refractivity contribution in [3.05, 3.63) is 35.4 Å². The maximum Gasteiger partial charge on any atom is 0.342 e. The zero-order valence-corrected chi connectivity index (χ0v) is 8.96. The summed E-state index contributed by atoms with van der Waals surface area (Å²) in [6, 6.07) is 2.58. The molecule has 0 aliphatic rings. The number of carbonyl (C=O) groups excluding carboxylic acids is 1. The lowest BCUT2D eigenvalue weighted by Gasteiger charge is -2.21. The Morgan fingerprint density at radius 1 is 1.50 bits per heavy atom. The Morgan fingerprint density at radius 3 is 2.62 bits per heavy atom. The molecule has 0 saturated carbocycles. The number of rotatable bonds is 3. The van der Waals surface area contributed by atoms with Crippen LogP contribution in [0.15, 0.2) is 18.2 Å². The molecule has 0 radical (unpaired) electrons. The fourth-order valence-corrected chi connectivity index (χ4v) is 1.27. The van der Waals surface area contributed by atoms with Gasteiger partial charge in [-0.05, 0) is 26.0 Å². The molecule has 0 saturated heterocycles. The fraction of sp³-hybridized carbons (Fsp3) is 0.364. The summed E-state index contributed by atoms with van der Waals surface area (Å²) in [5.74, 6) is -2.74. The third-order valence-electron chi connectivity index (χ3n) is 2.13. The minimum absolute atomic E-state index is 0.0673. The number of aliphatic hydroxyl groups is 1. The van der Waals surface area contributed by atoms with Crippen LogP contribution in [0.25, 0.3) is 0 Å². The van der Waals surface area contributed by atoms with Gasteiger partial charge in [-0.1, -0.05) is 0 Å². The van der Waals surface area contributed by atoms with Crippen molar-refractivity contribution < 1.29 is 23.4 Å². The van der Waals surface area contributed by atoms with Crippen LogP contribution in [0.2, 0.25) is 0 Å². The Bertz CT molecular complexity index is 402. The van der Waals surface area contributed by atoms with E-state index in [1.165, 1.54) is 0 Å². The van der Waals surface area contributed by atoms with Crippen LogP contribution in [-0.4, -0.2) is 17.7 Å². The average Bonchev–Trinajstić information content (AvgIpc) is 2.17. The van der Waals surface area contributed by atoms with Gasteiger partial charge in [0, 0.05) is 11.6 Å². The number of benzene rings is 1. The molecule has 16 heavy (non-hydrogen) atoms. The molecule has 1 N–H and O–H groups in total. The van der Waals surface area contributed by atoms with Crippen molar-refractivity contribution >= 4 is 5.97 Å². The number of hydrogen-bond acceptors (Lipinski definition) is 3. The first-order chi connectivity index (χ1) is 7.39. The Balaban J connectivity index is 3.11. The van der Waals surface area contributed by atoms with Gasteiger partial charge in [-0.15, -0.1) is 0 Å². The molecule has 5 heteroatoms.